The lowest BCUT2D eigenvalue weighted by molar-refractivity contribution is 0.501. The van der Waals surface area contributed by atoms with Crippen molar-refractivity contribution in [2.75, 3.05) is 0 Å². The Morgan fingerprint density at radius 2 is 1.12 bits per heavy atom. The van der Waals surface area contributed by atoms with Crippen molar-refractivity contribution in [3.05, 3.63) is 187 Å². The maximum atomic E-state index is 6.90. The zero-order valence-electron chi connectivity index (χ0n) is 28.1. The molecule has 1 aliphatic heterocycles. The molecule has 52 heavy (non-hydrogen) atoms. The highest BCUT2D eigenvalue weighted by molar-refractivity contribution is 6.24. The summed E-state index contributed by atoms with van der Waals surface area (Å²) in [6.45, 7) is 0. The van der Waals surface area contributed by atoms with Gasteiger partial charge in [-0.3, -0.25) is 4.57 Å². The van der Waals surface area contributed by atoms with Crippen LogP contribution in [0, 0.1) is 0 Å². The van der Waals surface area contributed by atoms with Crippen molar-refractivity contribution in [3.63, 3.8) is 0 Å². The molecule has 1 aliphatic rings. The number of nitrogens with zero attached hydrogens (tertiary/aromatic N) is 2. The maximum Gasteiger partial charge on any atom is 0.209 e. The van der Waals surface area contributed by atoms with E-state index in [9.17, 15) is 0 Å². The zero-order valence-corrected chi connectivity index (χ0v) is 28.1. The van der Waals surface area contributed by atoms with E-state index in [0.29, 0.717) is 0 Å². The molecule has 3 heterocycles. The summed E-state index contributed by atoms with van der Waals surface area (Å²) in [5.74, 6) is 1.58. The molecule has 4 heteroatoms. The first-order chi connectivity index (χ1) is 25.8. The summed E-state index contributed by atoms with van der Waals surface area (Å²) < 4.78 is 9.24. The van der Waals surface area contributed by atoms with Crippen molar-refractivity contribution in [1.82, 2.24) is 9.88 Å². The van der Waals surface area contributed by atoms with Crippen LogP contribution in [0.5, 0.6) is 0 Å². The summed E-state index contributed by atoms with van der Waals surface area (Å²) in [6.07, 6.45) is 0. The summed E-state index contributed by atoms with van der Waals surface area (Å²) in [4.78, 5) is 5.55. The van der Waals surface area contributed by atoms with Crippen LogP contribution < -0.4 is 5.32 Å². The van der Waals surface area contributed by atoms with Gasteiger partial charge in [0.2, 0.25) is 5.96 Å². The molecule has 8 aromatic carbocycles. The van der Waals surface area contributed by atoms with Crippen molar-refractivity contribution in [3.8, 4) is 22.3 Å². The maximum absolute atomic E-state index is 6.90. The second-order valence-corrected chi connectivity index (χ2v) is 13.6. The van der Waals surface area contributed by atoms with Crippen LogP contribution in [-0.4, -0.2) is 10.5 Å². The lowest BCUT2D eigenvalue weighted by Crippen LogP contribution is -2.36. The van der Waals surface area contributed by atoms with E-state index in [1.807, 2.05) is 0 Å². The minimum atomic E-state index is -0.264. The van der Waals surface area contributed by atoms with Gasteiger partial charge in [-0.2, -0.15) is 0 Å². The second kappa shape index (κ2) is 11.3. The molecular weight excluding hydrogens is 635 g/mol. The van der Waals surface area contributed by atoms with Gasteiger partial charge in [-0.15, -0.1) is 0 Å². The lowest BCUT2D eigenvalue weighted by Gasteiger charge is -2.25. The number of nitrogens with one attached hydrogen (secondary N) is 1. The molecule has 2 aromatic heterocycles. The van der Waals surface area contributed by atoms with E-state index in [1.54, 1.807) is 0 Å². The standard InChI is InChI=1S/C48H31N3O/c1-4-14-30(15-5-1)38-28-41-43(29-39(38)31-16-6-2-7-17-31)52-47-44(33-19-8-3-9-20-33)49-48(50-45(41)47)51-42-27-35-22-11-10-21-34(35)26-40(42)37-25-24-32-18-12-13-23-36(32)46(37)51/h1-29,44H,(H,49,50). The number of hydrogen-bond acceptors (Lipinski definition) is 3. The minimum absolute atomic E-state index is 0.264. The third-order valence-electron chi connectivity index (χ3n) is 10.6. The highest BCUT2D eigenvalue weighted by Gasteiger charge is 2.32. The smallest absolute Gasteiger partial charge is 0.209 e. The number of aromatic nitrogens is 1. The van der Waals surface area contributed by atoms with Crippen molar-refractivity contribution in [2.24, 2.45) is 4.99 Å². The van der Waals surface area contributed by atoms with Gasteiger partial charge in [0.05, 0.1) is 11.0 Å². The van der Waals surface area contributed by atoms with Crippen molar-refractivity contribution in [1.29, 1.82) is 0 Å². The molecule has 0 spiro atoms. The summed E-state index contributed by atoms with van der Waals surface area (Å²) in [6, 6.07) is 62.3. The molecular formula is C48H31N3O. The molecule has 0 saturated carbocycles. The Bertz CT molecular complexity index is 3030. The van der Waals surface area contributed by atoms with Crippen LogP contribution in [0.1, 0.15) is 17.4 Å². The van der Waals surface area contributed by atoms with Gasteiger partial charge < -0.3 is 9.73 Å². The fourth-order valence-corrected chi connectivity index (χ4v) is 8.18. The molecule has 0 bridgehead atoms. The fraction of sp³-hybridized carbons (Fsp3) is 0.0208. The Morgan fingerprint density at radius 3 is 1.85 bits per heavy atom. The monoisotopic (exact) mass is 665 g/mol. The first-order valence-corrected chi connectivity index (χ1v) is 17.7. The quantitative estimate of drug-likeness (QED) is 0.204. The Hall–Kier alpha value is -6.91. The number of fused-ring (bicyclic) bond motifs is 9. The Kier molecular flexibility index (Phi) is 6.28. The van der Waals surface area contributed by atoms with Crippen molar-refractivity contribution in [2.45, 2.75) is 6.04 Å². The van der Waals surface area contributed by atoms with Crippen LogP contribution in [0.25, 0.3) is 76.6 Å². The molecule has 4 nitrogen and oxygen atoms in total. The highest BCUT2D eigenvalue weighted by Crippen LogP contribution is 2.47. The number of furan rings is 1. The first kappa shape index (κ1) is 28.9. The third-order valence-corrected chi connectivity index (χ3v) is 10.6. The molecule has 1 atom stereocenters. The fourth-order valence-electron chi connectivity index (χ4n) is 8.18. The van der Waals surface area contributed by atoms with Crippen LogP contribution in [0.4, 0.5) is 5.69 Å². The molecule has 0 amide bonds. The summed E-state index contributed by atoms with van der Waals surface area (Å²) >= 11 is 0. The van der Waals surface area contributed by atoms with E-state index in [1.165, 1.54) is 32.3 Å². The van der Waals surface area contributed by atoms with Gasteiger partial charge in [0.15, 0.2) is 5.76 Å². The Morgan fingerprint density at radius 1 is 0.500 bits per heavy atom. The van der Waals surface area contributed by atoms with Gasteiger partial charge in [-0.1, -0.05) is 152 Å². The lowest BCUT2D eigenvalue weighted by atomic mass is 9.92. The summed E-state index contributed by atoms with van der Waals surface area (Å²) in [7, 11) is 0. The van der Waals surface area contributed by atoms with Gasteiger partial charge in [0, 0.05) is 21.5 Å². The molecule has 244 valence electrons. The number of rotatable bonds is 3. The molecule has 0 radical (unpaired) electrons. The minimum Gasteiger partial charge on any atom is -0.456 e. The predicted molar refractivity (Wildman–Crippen MR) is 215 cm³/mol. The second-order valence-electron chi connectivity index (χ2n) is 13.6. The van der Waals surface area contributed by atoms with Crippen molar-refractivity contribution >= 4 is 66.0 Å². The van der Waals surface area contributed by atoms with E-state index in [0.717, 1.165) is 67.2 Å². The Balaban J connectivity index is 1.25. The normalized spacial score (nSPS) is 14.2. The van der Waals surface area contributed by atoms with E-state index in [4.69, 9.17) is 9.41 Å². The first-order valence-electron chi connectivity index (χ1n) is 17.7. The molecule has 10 aromatic rings. The van der Waals surface area contributed by atoms with Gasteiger partial charge in [-0.25, -0.2) is 4.99 Å². The van der Waals surface area contributed by atoms with Gasteiger partial charge in [-0.05, 0) is 68.2 Å². The Labute approximate surface area is 299 Å². The average Bonchev–Trinajstić information content (AvgIpc) is 3.75. The average molecular weight is 666 g/mol. The van der Waals surface area contributed by atoms with Gasteiger partial charge >= 0.3 is 0 Å². The van der Waals surface area contributed by atoms with E-state index in [2.05, 4.69) is 186 Å². The number of benzene rings is 8. The van der Waals surface area contributed by atoms with E-state index >= 15 is 0 Å². The molecule has 1 unspecified atom stereocenters. The largest absolute Gasteiger partial charge is 0.456 e. The van der Waals surface area contributed by atoms with Crippen LogP contribution in [0.2, 0.25) is 0 Å². The van der Waals surface area contributed by atoms with Crippen molar-refractivity contribution < 1.29 is 4.42 Å². The highest BCUT2D eigenvalue weighted by atomic mass is 16.3. The summed E-state index contributed by atoms with van der Waals surface area (Å²) in [5.41, 5.74) is 9.58. The summed E-state index contributed by atoms with van der Waals surface area (Å²) in [5, 5.41) is 12.1. The molecule has 1 N–H and O–H groups in total. The topological polar surface area (TPSA) is 42.5 Å². The number of hydrogen-bond donors (Lipinski definition) is 1. The molecule has 0 fully saturated rings. The SMILES string of the molecule is c1ccc(-c2cc3oc4c(c3cc2-c2ccccc2)N=C(n2c3cc5ccccc5cc3c3ccc5ccccc5c32)NC4c2ccccc2)cc1. The van der Waals surface area contributed by atoms with E-state index < -0.39 is 0 Å². The van der Waals surface area contributed by atoms with Crippen LogP contribution in [-0.2, 0) is 0 Å². The predicted octanol–water partition coefficient (Wildman–Crippen LogP) is 12.4. The zero-order chi connectivity index (χ0) is 34.2. The number of aliphatic imine (C=N–C) groups is 1. The molecule has 0 aliphatic carbocycles. The van der Waals surface area contributed by atoms with Gasteiger partial charge in [0.1, 0.15) is 17.3 Å². The van der Waals surface area contributed by atoms with Crippen LogP contribution in [0.15, 0.2) is 185 Å². The van der Waals surface area contributed by atoms with Crippen LogP contribution in [0.3, 0.4) is 0 Å². The molecule has 0 saturated heterocycles. The third kappa shape index (κ3) is 4.38. The molecule has 11 rings (SSSR count). The van der Waals surface area contributed by atoms with Crippen LogP contribution >= 0.6 is 0 Å². The van der Waals surface area contributed by atoms with Gasteiger partial charge in [0.25, 0.3) is 0 Å². The van der Waals surface area contributed by atoms with E-state index in [-0.39, 0.29) is 6.04 Å².